The molecule has 2 fully saturated rings. The van der Waals surface area contributed by atoms with Crippen LogP contribution in [-0.2, 0) is 14.4 Å². The average Bonchev–Trinajstić information content (AvgIpc) is 3.20. The molecule has 3 rings (SSSR count). The molecule has 7 heteroatoms. The van der Waals surface area contributed by atoms with E-state index in [9.17, 15) is 19.5 Å². The Hall–Kier alpha value is -2.57. The standard InChI is InChI=1S/C19H24N2O5/c1-10-4-3-5-14(8-10)26-11(2)17(22)20-21-18(23)15-12-6-7-13(9-12)16(15)19(24)25/h3-5,8,11-13,15-16H,6-7,9H2,1-2H3,(H,20,22)(H,21,23)(H,24,25)/t11-,12+,13+,15-,16-/m1/s1. The Morgan fingerprint density at radius 1 is 1.15 bits per heavy atom. The monoisotopic (exact) mass is 360 g/mol. The molecule has 0 heterocycles. The zero-order valence-corrected chi connectivity index (χ0v) is 14.9. The average molecular weight is 360 g/mol. The Morgan fingerprint density at radius 2 is 1.85 bits per heavy atom. The van der Waals surface area contributed by atoms with Gasteiger partial charge in [-0.2, -0.15) is 0 Å². The summed E-state index contributed by atoms with van der Waals surface area (Å²) in [6, 6.07) is 7.32. The largest absolute Gasteiger partial charge is 0.481 e. The normalized spacial score (nSPS) is 27.6. The van der Waals surface area contributed by atoms with Crippen LogP contribution in [0.1, 0.15) is 31.7 Å². The lowest BCUT2D eigenvalue weighted by molar-refractivity contribution is -0.150. The molecule has 2 amide bonds. The first-order valence-electron chi connectivity index (χ1n) is 8.92. The van der Waals surface area contributed by atoms with E-state index in [4.69, 9.17) is 4.74 Å². The first kappa shape index (κ1) is 18.2. The van der Waals surface area contributed by atoms with E-state index in [1.807, 2.05) is 25.1 Å². The maximum atomic E-state index is 12.5. The highest BCUT2D eigenvalue weighted by Gasteiger charge is 2.54. The van der Waals surface area contributed by atoms with Gasteiger partial charge in [-0.1, -0.05) is 12.1 Å². The molecule has 7 nitrogen and oxygen atoms in total. The van der Waals surface area contributed by atoms with Gasteiger partial charge in [0.05, 0.1) is 11.8 Å². The Balaban J connectivity index is 1.54. The summed E-state index contributed by atoms with van der Waals surface area (Å²) >= 11 is 0. The third kappa shape index (κ3) is 3.66. The number of rotatable bonds is 5. The Morgan fingerprint density at radius 3 is 2.50 bits per heavy atom. The number of carbonyl (C=O) groups is 3. The number of aryl methyl sites for hydroxylation is 1. The fourth-order valence-corrected chi connectivity index (χ4v) is 4.28. The quantitative estimate of drug-likeness (QED) is 0.693. The Kier molecular flexibility index (Phi) is 5.15. The van der Waals surface area contributed by atoms with E-state index < -0.39 is 35.7 Å². The van der Waals surface area contributed by atoms with Gasteiger partial charge in [-0.15, -0.1) is 0 Å². The summed E-state index contributed by atoms with van der Waals surface area (Å²) < 4.78 is 5.57. The predicted octanol–water partition coefficient (Wildman–Crippen LogP) is 1.66. The number of carboxylic acids is 1. The van der Waals surface area contributed by atoms with Crippen LogP contribution >= 0.6 is 0 Å². The molecule has 1 aromatic carbocycles. The van der Waals surface area contributed by atoms with Crippen molar-refractivity contribution in [2.24, 2.45) is 23.7 Å². The number of nitrogens with one attached hydrogen (secondary N) is 2. The lowest BCUT2D eigenvalue weighted by Crippen LogP contribution is -2.51. The SMILES string of the molecule is Cc1cccc(O[C@H](C)C(=O)NNC(=O)[C@@H]2[C@H]3CC[C@@H](C3)[C@H]2C(=O)O)c1. The van der Waals surface area contributed by atoms with E-state index in [2.05, 4.69) is 10.9 Å². The molecule has 140 valence electrons. The molecular formula is C19H24N2O5. The van der Waals surface area contributed by atoms with Gasteiger partial charge in [0.1, 0.15) is 5.75 Å². The lowest BCUT2D eigenvalue weighted by Gasteiger charge is -2.27. The summed E-state index contributed by atoms with van der Waals surface area (Å²) in [5, 5.41) is 9.42. The zero-order chi connectivity index (χ0) is 18.8. The highest BCUT2D eigenvalue weighted by molar-refractivity contribution is 5.89. The number of amides is 2. The number of aliphatic carboxylic acids is 1. The van der Waals surface area contributed by atoms with Crippen LogP contribution in [0.5, 0.6) is 5.75 Å². The molecule has 0 aromatic heterocycles. The summed E-state index contributed by atoms with van der Waals surface area (Å²) in [6.45, 7) is 3.51. The van der Waals surface area contributed by atoms with Crippen LogP contribution < -0.4 is 15.6 Å². The number of carboxylic acid groups (broad SMARTS) is 1. The van der Waals surface area contributed by atoms with E-state index in [-0.39, 0.29) is 11.8 Å². The lowest BCUT2D eigenvalue weighted by atomic mass is 9.79. The van der Waals surface area contributed by atoms with Crippen molar-refractivity contribution in [2.45, 2.75) is 39.2 Å². The van der Waals surface area contributed by atoms with Gasteiger partial charge in [0.15, 0.2) is 6.10 Å². The number of hydrogen-bond acceptors (Lipinski definition) is 4. The van der Waals surface area contributed by atoms with Crippen LogP contribution in [0.2, 0.25) is 0 Å². The van der Waals surface area contributed by atoms with Crippen LogP contribution in [0.25, 0.3) is 0 Å². The molecule has 0 unspecified atom stereocenters. The first-order valence-corrected chi connectivity index (χ1v) is 8.92. The van der Waals surface area contributed by atoms with Crippen molar-refractivity contribution in [2.75, 3.05) is 0 Å². The molecule has 3 N–H and O–H groups in total. The molecule has 2 aliphatic rings. The molecule has 26 heavy (non-hydrogen) atoms. The van der Waals surface area contributed by atoms with Gasteiger partial charge in [0, 0.05) is 0 Å². The molecular weight excluding hydrogens is 336 g/mol. The molecule has 0 aliphatic heterocycles. The van der Waals surface area contributed by atoms with Crippen molar-refractivity contribution < 1.29 is 24.2 Å². The van der Waals surface area contributed by atoms with E-state index in [1.165, 1.54) is 0 Å². The summed E-state index contributed by atoms with van der Waals surface area (Å²) in [4.78, 5) is 36.1. The van der Waals surface area contributed by atoms with Gasteiger partial charge in [-0.25, -0.2) is 0 Å². The molecule has 2 saturated carbocycles. The smallest absolute Gasteiger partial charge is 0.307 e. The Labute approximate surface area is 152 Å². The molecule has 2 bridgehead atoms. The zero-order valence-electron chi connectivity index (χ0n) is 14.9. The Bertz CT molecular complexity index is 720. The molecule has 0 saturated heterocycles. The van der Waals surface area contributed by atoms with Gasteiger partial charge >= 0.3 is 5.97 Å². The fraction of sp³-hybridized carbons (Fsp3) is 0.526. The second kappa shape index (κ2) is 7.35. The maximum Gasteiger partial charge on any atom is 0.307 e. The number of carbonyl (C=O) groups excluding carboxylic acids is 2. The van der Waals surface area contributed by atoms with Crippen LogP contribution in [0.15, 0.2) is 24.3 Å². The van der Waals surface area contributed by atoms with E-state index in [0.717, 1.165) is 24.8 Å². The van der Waals surface area contributed by atoms with Crippen molar-refractivity contribution in [1.29, 1.82) is 0 Å². The number of fused-ring (bicyclic) bond motifs is 2. The molecule has 0 radical (unpaired) electrons. The van der Waals surface area contributed by atoms with E-state index in [0.29, 0.717) is 5.75 Å². The topological polar surface area (TPSA) is 105 Å². The number of ether oxygens (including phenoxy) is 1. The van der Waals surface area contributed by atoms with Gasteiger partial charge in [-0.3, -0.25) is 25.2 Å². The minimum Gasteiger partial charge on any atom is -0.481 e. The minimum atomic E-state index is -0.931. The third-order valence-corrected chi connectivity index (χ3v) is 5.48. The van der Waals surface area contributed by atoms with Gasteiger partial charge in [-0.05, 0) is 62.6 Å². The number of hydrogen-bond donors (Lipinski definition) is 3. The summed E-state index contributed by atoms with van der Waals surface area (Å²) in [5.74, 6) is -2.38. The highest BCUT2D eigenvalue weighted by atomic mass is 16.5. The summed E-state index contributed by atoms with van der Waals surface area (Å²) in [6.07, 6.45) is 1.70. The van der Waals surface area contributed by atoms with Gasteiger partial charge < -0.3 is 9.84 Å². The second-order valence-corrected chi connectivity index (χ2v) is 7.28. The predicted molar refractivity (Wildman–Crippen MR) is 93.0 cm³/mol. The van der Waals surface area contributed by atoms with E-state index >= 15 is 0 Å². The third-order valence-electron chi connectivity index (χ3n) is 5.48. The van der Waals surface area contributed by atoms with Crippen molar-refractivity contribution >= 4 is 17.8 Å². The van der Waals surface area contributed by atoms with Gasteiger partial charge in [0.2, 0.25) is 5.91 Å². The minimum absolute atomic E-state index is 0.0625. The first-order chi connectivity index (χ1) is 12.4. The molecule has 0 spiro atoms. The summed E-state index contributed by atoms with van der Waals surface area (Å²) in [7, 11) is 0. The fourth-order valence-electron chi connectivity index (χ4n) is 4.28. The molecule has 2 aliphatic carbocycles. The van der Waals surface area contributed by atoms with E-state index in [1.54, 1.807) is 13.0 Å². The van der Waals surface area contributed by atoms with Gasteiger partial charge in [0.25, 0.3) is 5.91 Å². The van der Waals surface area contributed by atoms with Crippen molar-refractivity contribution in [3.8, 4) is 5.75 Å². The van der Waals surface area contributed by atoms with Crippen LogP contribution in [0.4, 0.5) is 0 Å². The maximum absolute atomic E-state index is 12.5. The van der Waals surface area contributed by atoms with Crippen LogP contribution in [0.3, 0.4) is 0 Å². The second-order valence-electron chi connectivity index (χ2n) is 7.28. The van der Waals surface area contributed by atoms with Crippen molar-refractivity contribution in [3.63, 3.8) is 0 Å². The highest BCUT2D eigenvalue weighted by Crippen LogP contribution is 2.52. The molecule has 5 atom stereocenters. The number of benzene rings is 1. The summed E-state index contributed by atoms with van der Waals surface area (Å²) in [5.41, 5.74) is 5.76. The van der Waals surface area contributed by atoms with Crippen LogP contribution in [0, 0.1) is 30.6 Å². The van der Waals surface area contributed by atoms with Crippen molar-refractivity contribution in [3.05, 3.63) is 29.8 Å². The van der Waals surface area contributed by atoms with Crippen LogP contribution in [-0.4, -0.2) is 29.0 Å². The molecule has 1 aromatic rings. The number of hydrazine groups is 1. The van der Waals surface area contributed by atoms with Crippen molar-refractivity contribution in [1.82, 2.24) is 10.9 Å².